The van der Waals surface area contributed by atoms with Crippen molar-refractivity contribution in [3.8, 4) is 0 Å². The molecule has 0 radical (unpaired) electrons. The lowest BCUT2D eigenvalue weighted by molar-refractivity contribution is -0.115. The Morgan fingerprint density at radius 1 is 1.06 bits per heavy atom. The predicted molar refractivity (Wildman–Crippen MR) is 120 cm³/mol. The van der Waals surface area contributed by atoms with Gasteiger partial charge in [0.15, 0.2) is 5.76 Å². The summed E-state index contributed by atoms with van der Waals surface area (Å²) in [6.07, 6.45) is 1.33. The number of halogens is 2. The summed E-state index contributed by atoms with van der Waals surface area (Å²) in [6.45, 7) is 1.24. The van der Waals surface area contributed by atoms with Crippen LogP contribution in [0.5, 0.6) is 0 Å². The molecule has 0 bridgehead atoms. The number of hydrogen-bond donors (Lipinski definition) is 3. The summed E-state index contributed by atoms with van der Waals surface area (Å²) in [5.41, 5.74) is 0.835. The van der Waals surface area contributed by atoms with Crippen LogP contribution in [0, 0.1) is 6.92 Å². The molecule has 1 heterocycles. The van der Waals surface area contributed by atoms with Gasteiger partial charge in [-0.2, -0.15) is 8.78 Å². The van der Waals surface area contributed by atoms with Crippen LogP contribution in [0.4, 0.5) is 20.2 Å². The first-order valence-corrected chi connectivity index (χ1v) is 11.8. The third-order valence-electron chi connectivity index (χ3n) is 4.25. The molecule has 0 unspecified atom stereocenters. The van der Waals surface area contributed by atoms with E-state index in [1.54, 1.807) is 6.92 Å². The highest BCUT2D eigenvalue weighted by Gasteiger charge is 2.19. The first-order chi connectivity index (χ1) is 15.6. The molecule has 3 N–H and O–H groups in total. The van der Waals surface area contributed by atoms with E-state index in [2.05, 4.69) is 15.4 Å². The molecule has 0 fully saturated rings. The van der Waals surface area contributed by atoms with Gasteiger partial charge >= 0.3 is 0 Å². The second kappa shape index (κ2) is 10.5. The average molecular weight is 496 g/mol. The van der Waals surface area contributed by atoms with E-state index in [-0.39, 0.29) is 28.6 Å². The largest absolute Gasteiger partial charge is 0.459 e. The van der Waals surface area contributed by atoms with Crippen molar-refractivity contribution >= 4 is 45.0 Å². The van der Waals surface area contributed by atoms with Crippen molar-refractivity contribution < 1.29 is 31.2 Å². The van der Waals surface area contributed by atoms with Gasteiger partial charge in [-0.15, -0.1) is 0 Å². The lowest BCUT2D eigenvalue weighted by Crippen LogP contribution is -2.32. The Kier molecular flexibility index (Phi) is 7.71. The zero-order valence-electron chi connectivity index (χ0n) is 17.2. The van der Waals surface area contributed by atoms with E-state index in [0.29, 0.717) is 22.2 Å². The molecule has 8 nitrogen and oxygen atoms in total. The summed E-state index contributed by atoms with van der Waals surface area (Å²) in [6, 6.07) is 12.8. The first-order valence-electron chi connectivity index (χ1n) is 9.44. The van der Waals surface area contributed by atoms with Crippen LogP contribution < -0.4 is 15.4 Å². The number of sulfonamides is 1. The lowest BCUT2D eigenvalue weighted by Gasteiger charge is -2.13. The minimum absolute atomic E-state index is 0.0541. The van der Waals surface area contributed by atoms with Gasteiger partial charge in [0.05, 0.1) is 17.7 Å². The molecule has 2 amide bonds. The predicted octanol–water partition coefficient (Wildman–Crippen LogP) is 4.07. The number of amides is 2. The summed E-state index contributed by atoms with van der Waals surface area (Å²) in [4.78, 5) is 24.2. The molecule has 0 saturated carbocycles. The Morgan fingerprint density at radius 2 is 1.76 bits per heavy atom. The number of rotatable bonds is 9. The normalized spacial score (nSPS) is 11.3. The number of furan rings is 1. The molecule has 3 aromatic rings. The van der Waals surface area contributed by atoms with Gasteiger partial charge in [0.25, 0.3) is 21.7 Å². The van der Waals surface area contributed by atoms with E-state index < -0.39 is 27.6 Å². The number of thioether (sulfide) groups is 1. The second-order valence-electron chi connectivity index (χ2n) is 6.70. The van der Waals surface area contributed by atoms with Crippen LogP contribution >= 0.6 is 11.8 Å². The van der Waals surface area contributed by atoms with E-state index in [4.69, 9.17) is 4.42 Å². The zero-order valence-corrected chi connectivity index (χ0v) is 18.8. The molecule has 0 spiro atoms. The molecule has 33 heavy (non-hydrogen) atoms. The SMILES string of the molecule is Cc1ccc(NC(=O)CNC(=O)c2ccco2)cc1S(=O)(=O)Nc1ccc(SC(F)F)cc1. The second-order valence-corrected chi connectivity index (χ2v) is 9.41. The number of aryl methyl sites for hydroxylation is 1. The van der Waals surface area contributed by atoms with Gasteiger partial charge in [-0.25, -0.2) is 8.42 Å². The fourth-order valence-electron chi connectivity index (χ4n) is 2.74. The lowest BCUT2D eigenvalue weighted by atomic mass is 10.2. The smallest absolute Gasteiger partial charge is 0.288 e. The minimum Gasteiger partial charge on any atom is -0.459 e. The van der Waals surface area contributed by atoms with E-state index in [1.807, 2.05) is 0 Å². The average Bonchev–Trinajstić information content (AvgIpc) is 3.29. The number of benzene rings is 2. The van der Waals surface area contributed by atoms with Crippen LogP contribution in [-0.4, -0.2) is 32.5 Å². The zero-order chi connectivity index (χ0) is 24.0. The van der Waals surface area contributed by atoms with Crippen LogP contribution in [-0.2, 0) is 14.8 Å². The van der Waals surface area contributed by atoms with Crippen LogP contribution in [0.1, 0.15) is 16.1 Å². The highest BCUT2D eigenvalue weighted by atomic mass is 32.2. The monoisotopic (exact) mass is 495 g/mol. The highest BCUT2D eigenvalue weighted by molar-refractivity contribution is 7.99. The van der Waals surface area contributed by atoms with Crippen molar-refractivity contribution in [1.82, 2.24) is 5.32 Å². The summed E-state index contributed by atoms with van der Waals surface area (Å²) >= 11 is 0.354. The number of hydrogen-bond acceptors (Lipinski definition) is 6. The standard InChI is InChI=1S/C21H19F2N3O5S2/c1-13-4-5-15(25-19(27)12-24-20(28)17-3-2-10-31-17)11-18(13)33(29,30)26-14-6-8-16(9-7-14)32-21(22)23/h2-11,21,26H,12H2,1H3,(H,24,28)(H,25,27). The Hall–Kier alpha value is -3.38. The van der Waals surface area contributed by atoms with Crippen LogP contribution in [0.3, 0.4) is 0 Å². The van der Waals surface area contributed by atoms with Gasteiger partial charge in [0.2, 0.25) is 5.91 Å². The van der Waals surface area contributed by atoms with Gasteiger partial charge < -0.3 is 15.1 Å². The van der Waals surface area contributed by atoms with Gasteiger partial charge in [0.1, 0.15) is 0 Å². The van der Waals surface area contributed by atoms with E-state index in [9.17, 15) is 26.8 Å². The van der Waals surface area contributed by atoms with Gasteiger partial charge in [-0.05, 0) is 61.0 Å². The van der Waals surface area contributed by atoms with Crippen LogP contribution in [0.15, 0.2) is 75.1 Å². The Bertz CT molecular complexity index is 1230. The fraction of sp³-hybridized carbons (Fsp3) is 0.143. The third-order valence-corrected chi connectivity index (χ3v) is 6.49. The molecule has 3 rings (SSSR count). The maximum absolute atomic E-state index is 12.9. The maximum Gasteiger partial charge on any atom is 0.288 e. The Morgan fingerprint density at radius 3 is 2.39 bits per heavy atom. The quantitative estimate of drug-likeness (QED) is 0.385. The summed E-state index contributed by atoms with van der Waals surface area (Å²) in [7, 11) is -4.03. The first kappa shape index (κ1) is 24.3. The number of alkyl halides is 2. The molecule has 0 aliphatic rings. The molecule has 0 aliphatic heterocycles. The van der Waals surface area contributed by atoms with Crippen molar-refractivity contribution in [3.05, 3.63) is 72.2 Å². The maximum atomic E-state index is 12.9. The number of nitrogens with one attached hydrogen (secondary N) is 3. The fourth-order valence-corrected chi connectivity index (χ4v) is 4.57. The molecule has 0 aliphatic carbocycles. The number of anilines is 2. The molecule has 2 aromatic carbocycles. The van der Waals surface area contributed by atoms with E-state index >= 15 is 0 Å². The van der Waals surface area contributed by atoms with Gasteiger partial charge in [0, 0.05) is 16.3 Å². The molecule has 0 atom stereocenters. The molecule has 174 valence electrons. The molecule has 0 saturated heterocycles. The third kappa shape index (κ3) is 6.80. The van der Waals surface area contributed by atoms with Crippen LogP contribution in [0.25, 0.3) is 0 Å². The van der Waals surface area contributed by atoms with Crippen molar-refractivity contribution in [1.29, 1.82) is 0 Å². The van der Waals surface area contributed by atoms with Crippen molar-refractivity contribution in [2.24, 2.45) is 0 Å². The molecular weight excluding hydrogens is 476 g/mol. The topological polar surface area (TPSA) is 118 Å². The number of carbonyl (C=O) groups is 2. The van der Waals surface area contributed by atoms with E-state index in [1.165, 1.54) is 60.9 Å². The Balaban J connectivity index is 1.66. The summed E-state index contributed by atoms with van der Waals surface area (Å²) < 4.78 is 57.9. The summed E-state index contributed by atoms with van der Waals surface area (Å²) in [5, 5.41) is 4.91. The molecule has 12 heteroatoms. The molecule has 1 aromatic heterocycles. The van der Waals surface area contributed by atoms with Crippen LogP contribution in [0.2, 0.25) is 0 Å². The summed E-state index contributed by atoms with van der Waals surface area (Å²) in [5.74, 6) is -3.66. The Labute approximate surface area is 192 Å². The van der Waals surface area contributed by atoms with Crippen molar-refractivity contribution in [2.75, 3.05) is 16.6 Å². The van der Waals surface area contributed by atoms with Gasteiger partial charge in [-0.1, -0.05) is 17.8 Å². The number of carbonyl (C=O) groups excluding carboxylic acids is 2. The van der Waals surface area contributed by atoms with Gasteiger partial charge in [-0.3, -0.25) is 14.3 Å². The van der Waals surface area contributed by atoms with E-state index in [0.717, 1.165) is 0 Å². The van der Waals surface area contributed by atoms with Crippen molar-refractivity contribution in [3.63, 3.8) is 0 Å². The minimum atomic E-state index is -4.03. The van der Waals surface area contributed by atoms with Crippen molar-refractivity contribution in [2.45, 2.75) is 22.5 Å². The highest BCUT2D eigenvalue weighted by Crippen LogP contribution is 2.28. The molecular formula is C21H19F2N3O5S2.